The molecule has 1 heterocycles. The maximum absolute atomic E-state index is 12.4. The first-order valence-electron chi connectivity index (χ1n) is 6.71. The predicted octanol–water partition coefficient (Wildman–Crippen LogP) is 1.36. The van der Waals surface area contributed by atoms with Gasteiger partial charge in [-0.2, -0.15) is 0 Å². The monoisotopic (exact) mass is 285 g/mol. The Hall–Kier alpha value is -2.40. The standard InChI is InChI=1S/C16H15NO4/c1-9-6-7-17(15(19)13(9)16(20)21)14-11-5-3-2-4-10(11)8-12(14)18/h2-7,12,14,18H,8H2,1H3,(H,20,21)/t12-,14+/m0/s1. The second kappa shape index (κ2) is 4.86. The van der Waals surface area contributed by atoms with Gasteiger partial charge in [-0.25, -0.2) is 4.79 Å². The summed E-state index contributed by atoms with van der Waals surface area (Å²) in [5, 5.41) is 19.5. The van der Waals surface area contributed by atoms with Gasteiger partial charge in [0.15, 0.2) is 0 Å². The summed E-state index contributed by atoms with van der Waals surface area (Å²) in [6.07, 6.45) is 1.29. The second-order valence-corrected chi connectivity index (χ2v) is 5.31. The highest BCUT2D eigenvalue weighted by atomic mass is 16.4. The van der Waals surface area contributed by atoms with Crippen LogP contribution in [0.15, 0.2) is 41.3 Å². The smallest absolute Gasteiger partial charge is 0.341 e. The Morgan fingerprint density at radius 2 is 2.00 bits per heavy atom. The Morgan fingerprint density at radius 1 is 1.29 bits per heavy atom. The molecule has 0 saturated heterocycles. The average molecular weight is 285 g/mol. The fourth-order valence-electron chi connectivity index (χ4n) is 3.01. The van der Waals surface area contributed by atoms with Gasteiger partial charge in [0.1, 0.15) is 5.56 Å². The molecule has 0 amide bonds. The number of aliphatic hydroxyl groups excluding tert-OH is 1. The molecule has 0 radical (unpaired) electrons. The van der Waals surface area contributed by atoms with Crippen LogP contribution in [0.5, 0.6) is 0 Å². The normalized spacial score (nSPS) is 20.3. The van der Waals surface area contributed by atoms with E-state index in [2.05, 4.69) is 0 Å². The average Bonchev–Trinajstić information content (AvgIpc) is 2.75. The molecule has 1 aliphatic carbocycles. The number of aliphatic hydroxyl groups is 1. The van der Waals surface area contributed by atoms with Gasteiger partial charge in [0.25, 0.3) is 5.56 Å². The molecule has 3 rings (SSSR count). The highest BCUT2D eigenvalue weighted by Gasteiger charge is 2.33. The summed E-state index contributed by atoms with van der Waals surface area (Å²) in [6.45, 7) is 1.59. The summed E-state index contributed by atoms with van der Waals surface area (Å²) in [5.74, 6) is -1.24. The molecule has 1 aromatic heterocycles. The van der Waals surface area contributed by atoms with Crippen molar-refractivity contribution in [2.75, 3.05) is 0 Å². The van der Waals surface area contributed by atoms with Crippen molar-refractivity contribution < 1.29 is 15.0 Å². The highest BCUT2D eigenvalue weighted by molar-refractivity contribution is 5.88. The van der Waals surface area contributed by atoms with Gasteiger partial charge in [-0.3, -0.25) is 4.79 Å². The van der Waals surface area contributed by atoms with E-state index in [0.717, 1.165) is 11.1 Å². The van der Waals surface area contributed by atoms with E-state index in [-0.39, 0.29) is 5.56 Å². The van der Waals surface area contributed by atoms with E-state index >= 15 is 0 Å². The van der Waals surface area contributed by atoms with Gasteiger partial charge in [0, 0.05) is 12.6 Å². The van der Waals surface area contributed by atoms with Crippen molar-refractivity contribution in [3.63, 3.8) is 0 Å². The quantitative estimate of drug-likeness (QED) is 0.873. The number of benzene rings is 1. The van der Waals surface area contributed by atoms with Gasteiger partial charge in [-0.15, -0.1) is 0 Å². The van der Waals surface area contributed by atoms with Crippen molar-refractivity contribution in [2.24, 2.45) is 0 Å². The molecule has 2 N–H and O–H groups in total. The van der Waals surface area contributed by atoms with E-state index in [4.69, 9.17) is 0 Å². The number of nitrogens with zero attached hydrogens (tertiary/aromatic N) is 1. The minimum Gasteiger partial charge on any atom is -0.477 e. The largest absolute Gasteiger partial charge is 0.477 e. The number of aromatic nitrogens is 1. The van der Waals surface area contributed by atoms with Gasteiger partial charge in [0.05, 0.1) is 12.1 Å². The molecule has 5 heteroatoms. The maximum Gasteiger partial charge on any atom is 0.341 e. The Balaban J connectivity index is 2.21. The Morgan fingerprint density at radius 3 is 2.71 bits per heavy atom. The summed E-state index contributed by atoms with van der Waals surface area (Å²) in [5.41, 5.74) is 1.45. The molecule has 2 aromatic rings. The van der Waals surface area contributed by atoms with Crippen molar-refractivity contribution in [1.82, 2.24) is 4.57 Å². The van der Waals surface area contributed by atoms with E-state index < -0.39 is 23.7 Å². The second-order valence-electron chi connectivity index (χ2n) is 5.31. The molecule has 108 valence electrons. The summed E-state index contributed by atoms with van der Waals surface area (Å²) < 4.78 is 1.33. The van der Waals surface area contributed by atoms with Crippen molar-refractivity contribution in [3.8, 4) is 0 Å². The van der Waals surface area contributed by atoms with Gasteiger partial charge in [-0.1, -0.05) is 24.3 Å². The lowest BCUT2D eigenvalue weighted by molar-refractivity contribution is 0.0691. The lowest BCUT2D eigenvalue weighted by Crippen LogP contribution is -2.34. The van der Waals surface area contributed by atoms with Crippen LogP contribution in [0, 0.1) is 6.92 Å². The van der Waals surface area contributed by atoms with Gasteiger partial charge in [-0.05, 0) is 29.7 Å². The third kappa shape index (κ3) is 2.06. The molecule has 2 atom stereocenters. The molecule has 5 nitrogen and oxygen atoms in total. The van der Waals surface area contributed by atoms with Crippen molar-refractivity contribution in [2.45, 2.75) is 25.5 Å². The number of carbonyl (C=O) groups is 1. The molecule has 0 aliphatic heterocycles. The lowest BCUT2D eigenvalue weighted by atomic mass is 10.1. The summed E-state index contributed by atoms with van der Waals surface area (Å²) in [4.78, 5) is 23.7. The number of pyridine rings is 1. The van der Waals surface area contributed by atoms with E-state index in [1.165, 1.54) is 4.57 Å². The summed E-state index contributed by atoms with van der Waals surface area (Å²) >= 11 is 0. The fraction of sp³-hybridized carbons (Fsp3) is 0.250. The summed E-state index contributed by atoms with van der Waals surface area (Å²) in [7, 11) is 0. The predicted molar refractivity (Wildman–Crippen MR) is 76.7 cm³/mol. The number of hydrogen-bond acceptors (Lipinski definition) is 3. The van der Waals surface area contributed by atoms with Crippen LogP contribution in [-0.4, -0.2) is 26.9 Å². The zero-order chi connectivity index (χ0) is 15.1. The first kappa shape index (κ1) is 13.6. The van der Waals surface area contributed by atoms with Crippen LogP contribution in [0.2, 0.25) is 0 Å². The van der Waals surface area contributed by atoms with Gasteiger partial charge >= 0.3 is 5.97 Å². The van der Waals surface area contributed by atoms with E-state index in [1.807, 2.05) is 24.3 Å². The molecule has 0 bridgehead atoms. The molecule has 0 fully saturated rings. The third-order valence-electron chi connectivity index (χ3n) is 4.01. The molecule has 0 saturated carbocycles. The van der Waals surface area contributed by atoms with Crippen LogP contribution in [0.4, 0.5) is 0 Å². The van der Waals surface area contributed by atoms with E-state index in [9.17, 15) is 19.8 Å². The van der Waals surface area contributed by atoms with Crippen molar-refractivity contribution >= 4 is 5.97 Å². The van der Waals surface area contributed by atoms with Crippen LogP contribution < -0.4 is 5.56 Å². The molecule has 21 heavy (non-hydrogen) atoms. The van der Waals surface area contributed by atoms with E-state index in [0.29, 0.717) is 12.0 Å². The number of hydrogen-bond donors (Lipinski definition) is 2. The number of aromatic carboxylic acids is 1. The topological polar surface area (TPSA) is 79.5 Å². The zero-order valence-corrected chi connectivity index (χ0v) is 11.5. The van der Waals surface area contributed by atoms with Crippen molar-refractivity contribution in [3.05, 3.63) is 69.1 Å². The lowest BCUT2D eigenvalue weighted by Gasteiger charge is -2.20. The van der Waals surface area contributed by atoms with Crippen LogP contribution in [0.3, 0.4) is 0 Å². The first-order chi connectivity index (χ1) is 10.0. The van der Waals surface area contributed by atoms with Crippen LogP contribution in [0.25, 0.3) is 0 Å². The molecule has 1 aliphatic rings. The van der Waals surface area contributed by atoms with E-state index in [1.54, 1.807) is 19.2 Å². The Bertz CT molecular complexity index is 778. The molecule has 1 aromatic carbocycles. The minimum absolute atomic E-state index is 0.242. The molecular weight excluding hydrogens is 270 g/mol. The maximum atomic E-state index is 12.4. The fourth-order valence-corrected chi connectivity index (χ4v) is 3.01. The van der Waals surface area contributed by atoms with Crippen LogP contribution >= 0.6 is 0 Å². The highest BCUT2D eigenvalue weighted by Crippen LogP contribution is 2.33. The number of carboxylic acid groups (broad SMARTS) is 1. The Labute approximate surface area is 121 Å². The van der Waals surface area contributed by atoms with Crippen LogP contribution in [0.1, 0.15) is 33.1 Å². The van der Waals surface area contributed by atoms with Crippen molar-refractivity contribution in [1.29, 1.82) is 0 Å². The van der Waals surface area contributed by atoms with Gasteiger partial charge < -0.3 is 14.8 Å². The molecular formula is C16H15NO4. The number of aryl methyl sites for hydroxylation is 1. The number of fused-ring (bicyclic) bond motifs is 1. The molecule has 0 unspecified atom stereocenters. The minimum atomic E-state index is -1.24. The van der Waals surface area contributed by atoms with Crippen LogP contribution in [-0.2, 0) is 6.42 Å². The summed E-state index contributed by atoms with van der Waals surface area (Å²) in [6, 6.07) is 8.57. The molecule has 0 spiro atoms. The first-order valence-corrected chi connectivity index (χ1v) is 6.71. The number of rotatable bonds is 2. The zero-order valence-electron chi connectivity index (χ0n) is 11.5. The van der Waals surface area contributed by atoms with Gasteiger partial charge in [0.2, 0.25) is 0 Å². The Kier molecular flexibility index (Phi) is 3.14. The SMILES string of the molecule is Cc1ccn([C@@H]2c3ccccc3C[C@@H]2O)c(=O)c1C(=O)O. The third-order valence-corrected chi connectivity index (χ3v) is 4.01. The number of carboxylic acids is 1.